The summed E-state index contributed by atoms with van der Waals surface area (Å²) >= 11 is 10.3. The van der Waals surface area contributed by atoms with E-state index in [2.05, 4.69) is 308 Å². The molecule has 3 aromatic heterocycles. The fourth-order valence-electron chi connectivity index (χ4n) is 13.1. The Morgan fingerprint density at radius 3 is 0.419 bits per heavy atom. The van der Waals surface area contributed by atoms with Gasteiger partial charge in [0.15, 0.2) is 0 Å². The maximum absolute atomic E-state index is 10.9. The lowest BCUT2D eigenvalue weighted by molar-refractivity contribution is -0.385. The number of nitrogens with one attached hydrogen (secondary N) is 9. The summed E-state index contributed by atoms with van der Waals surface area (Å²) in [4.78, 5) is 71.8. The van der Waals surface area contributed by atoms with Crippen molar-refractivity contribution in [1.29, 1.82) is 0 Å². The molecule has 0 unspecified atom stereocenters. The lowest BCUT2D eigenvalue weighted by Crippen LogP contribution is -2.07. The van der Waals surface area contributed by atoms with Gasteiger partial charge < -0.3 is 47.9 Å². The first-order chi connectivity index (χ1) is 62.9. The molecule has 0 bridgehead atoms. The molecule has 0 aliphatic rings. The summed E-state index contributed by atoms with van der Waals surface area (Å²) in [5.41, 5.74) is 20.3. The molecule has 18 rings (SSSR count). The maximum atomic E-state index is 10.9. The topological polar surface area (TPSA) is 354 Å². The van der Waals surface area contributed by atoms with Crippen LogP contribution in [-0.2, 0) is 0 Å². The van der Waals surface area contributed by atoms with E-state index in [-0.39, 0.29) is 34.9 Å². The summed E-state index contributed by atoms with van der Waals surface area (Å²) < 4.78 is 3.00. The molecule has 0 aliphatic heterocycles. The molecule has 3 heterocycles. The zero-order chi connectivity index (χ0) is 88.8. The van der Waals surface area contributed by atoms with Crippen molar-refractivity contribution in [2.45, 2.75) is 0 Å². The van der Waals surface area contributed by atoms with Crippen molar-refractivity contribution in [3.05, 3.63) is 426 Å². The van der Waals surface area contributed by atoms with E-state index in [1.165, 1.54) is 106 Å². The molecule has 0 saturated carbocycles. The quantitative estimate of drug-likeness (QED) is 0.0171. The van der Waals surface area contributed by atoms with Crippen LogP contribution in [-0.4, -0.2) is 59.6 Å². The van der Waals surface area contributed by atoms with Gasteiger partial charge >= 0.3 is 0 Å². The minimum Gasteiger partial charge on any atom is -0.324 e. The average molecular weight is 1890 g/mol. The van der Waals surface area contributed by atoms with Gasteiger partial charge in [0.25, 0.3) is 17.1 Å². The molecule has 0 fully saturated rings. The number of halogens is 3. The van der Waals surface area contributed by atoms with Crippen molar-refractivity contribution < 1.29 is 14.8 Å². The summed E-state index contributed by atoms with van der Waals surface area (Å²) in [6, 6.07) is 122. The van der Waals surface area contributed by atoms with E-state index in [1.54, 1.807) is 0 Å². The molecule has 630 valence electrons. The molecule has 0 saturated heterocycles. The normalized spacial score (nSPS) is 10.6. The number of nitro benzene ring substituents is 3. The minimum absolute atomic E-state index is 0.0766. The zero-order valence-electron chi connectivity index (χ0n) is 67.8. The van der Waals surface area contributed by atoms with E-state index in [4.69, 9.17) is 15.0 Å². The maximum Gasteiger partial charge on any atom is 0.269 e. The van der Waals surface area contributed by atoms with Crippen molar-refractivity contribution in [2.24, 2.45) is 0 Å². The number of nitrogens with zero attached hydrogens (tertiary/aromatic N) is 12. The predicted octanol–water partition coefficient (Wildman–Crippen LogP) is 27.3. The largest absolute Gasteiger partial charge is 0.324 e. The van der Waals surface area contributed by atoms with Crippen LogP contribution in [0.3, 0.4) is 0 Å². The smallest absolute Gasteiger partial charge is 0.269 e. The Labute approximate surface area is 764 Å². The Balaban J connectivity index is 0.000000156. The number of hydrogen-bond donors (Lipinski definition) is 9. The van der Waals surface area contributed by atoms with Gasteiger partial charge in [0.2, 0.25) is 53.5 Å². The van der Waals surface area contributed by atoms with E-state index < -0.39 is 14.8 Å². The van der Waals surface area contributed by atoms with Crippen molar-refractivity contribution in [3.8, 4) is 66.8 Å². The molecule has 0 aliphatic carbocycles. The lowest BCUT2D eigenvalue weighted by Gasteiger charge is -2.13. The molecule has 0 radical (unpaired) electrons. The van der Waals surface area contributed by atoms with E-state index in [1.807, 2.05) is 127 Å². The van der Waals surface area contributed by atoms with Crippen LogP contribution in [0.25, 0.3) is 66.8 Å². The van der Waals surface area contributed by atoms with Gasteiger partial charge in [-0.1, -0.05) is 248 Å². The Kier molecular flexibility index (Phi) is 27.3. The first kappa shape index (κ1) is 85.7. The third-order valence-electron chi connectivity index (χ3n) is 19.6. The Hall–Kier alpha value is -16.8. The molecule has 18 aromatic rings. The van der Waals surface area contributed by atoms with Gasteiger partial charge in [-0.25, -0.2) is 0 Å². The molecule has 0 amide bonds. The number of anilines is 18. The van der Waals surface area contributed by atoms with Crippen LogP contribution >= 0.6 is 47.8 Å². The highest BCUT2D eigenvalue weighted by molar-refractivity contribution is 9.11. The molecular formula is C99H72Br3N21O6. The second-order valence-electron chi connectivity index (χ2n) is 28.5. The summed E-state index contributed by atoms with van der Waals surface area (Å²) in [5, 5.41) is 61.4. The van der Waals surface area contributed by atoms with Crippen LogP contribution in [0.1, 0.15) is 0 Å². The summed E-state index contributed by atoms with van der Waals surface area (Å²) in [6.45, 7) is 0. The van der Waals surface area contributed by atoms with Crippen LogP contribution in [0.15, 0.2) is 396 Å². The summed E-state index contributed by atoms with van der Waals surface area (Å²) in [5.74, 6) is 2.71. The van der Waals surface area contributed by atoms with Crippen LogP contribution in [0, 0.1) is 30.3 Å². The molecule has 30 heteroatoms. The van der Waals surface area contributed by atoms with E-state index in [0.717, 1.165) is 80.9 Å². The van der Waals surface area contributed by atoms with Gasteiger partial charge in [0.1, 0.15) is 0 Å². The molecule has 9 N–H and O–H groups in total. The van der Waals surface area contributed by atoms with Gasteiger partial charge in [-0.3, -0.25) is 30.3 Å². The third-order valence-corrected chi connectivity index (χ3v) is 21.2. The monoisotopic (exact) mass is 1890 g/mol. The third kappa shape index (κ3) is 24.0. The van der Waals surface area contributed by atoms with Gasteiger partial charge in [-0.2, -0.15) is 44.9 Å². The van der Waals surface area contributed by atoms with Crippen molar-refractivity contribution in [1.82, 2.24) is 44.9 Å². The van der Waals surface area contributed by atoms with E-state index >= 15 is 0 Å². The molecule has 0 atom stereocenters. The van der Waals surface area contributed by atoms with Gasteiger partial charge in [-0.15, -0.1) is 0 Å². The van der Waals surface area contributed by atoms with Crippen LogP contribution < -0.4 is 47.9 Å². The molecule has 0 spiro atoms. The Morgan fingerprint density at radius 2 is 0.279 bits per heavy atom. The van der Waals surface area contributed by atoms with Gasteiger partial charge in [0, 0.05) is 101 Å². The highest BCUT2D eigenvalue weighted by Gasteiger charge is 2.17. The first-order valence-corrected chi connectivity index (χ1v) is 42.3. The van der Waals surface area contributed by atoms with E-state index in [0.29, 0.717) is 52.8 Å². The Morgan fingerprint density at radius 1 is 0.163 bits per heavy atom. The Bertz CT molecular complexity index is 6180. The zero-order valence-corrected chi connectivity index (χ0v) is 72.6. The summed E-state index contributed by atoms with van der Waals surface area (Å²) in [6.07, 6.45) is 0. The van der Waals surface area contributed by atoms with Crippen molar-refractivity contribution in [2.75, 3.05) is 47.9 Å². The summed E-state index contributed by atoms with van der Waals surface area (Å²) in [7, 11) is 0. The molecular weight excluding hydrogens is 1820 g/mol. The van der Waals surface area contributed by atoms with E-state index in [9.17, 15) is 30.3 Å². The molecule has 15 aromatic carbocycles. The highest BCUT2D eigenvalue weighted by Crippen LogP contribution is 2.35. The average Bonchev–Trinajstić information content (AvgIpc) is 0.816. The highest BCUT2D eigenvalue weighted by atomic mass is 79.9. The molecule has 129 heavy (non-hydrogen) atoms. The first-order valence-electron chi connectivity index (χ1n) is 39.9. The second-order valence-corrected chi connectivity index (χ2v) is 31.3. The van der Waals surface area contributed by atoms with Crippen LogP contribution in [0.4, 0.5) is 122 Å². The number of hydrogen-bond acceptors (Lipinski definition) is 24. The van der Waals surface area contributed by atoms with Crippen LogP contribution in [0.2, 0.25) is 0 Å². The lowest BCUT2D eigenvalue weighted by atomic mass is 10.0. The number of aromatic nitrogens is 9. The SMILES string of the molecule is Brc1ccc(Nc2nc(Nc3ccc(Br)cc3)nc(Nc3ccc(Br)cc3)n2)cc1.O=[N+]([O-])c1ccc(Nc2nc(Nc3ccc([N+](=O)[O-])cc3)nc(Nc3ccc([N+](=O)[O-])cc3)n2)cc1.c1ccc(-c2ccc(-c3ccc(Nc4nc(Nc5ccc(-c6ccc(-c7ccccc7)cc6)cc5)nc(Nc5ccc(-c6ccc(-c7ccccc7)cc6)cc5)n4)cc3)cc2)cc1. The molecule has 27 nitrogen and oxygen atoms in total. The number of benzene rings is 15. The second kappa shape index (κ2) is 41.1. The minimum atomic E-state index is -0.523. The van der Waals surface area contributed by atoms with Crippen LogP contribution in [0.5, 0.6) is 0 Å². The fraction of sp³-hybridized carbons (Fsp3) is 0. The van der Waals surface area contributed by atoms with Crippen molar-refractivity contribution in [3.63, 3.8) is 0 Å². The fourth-order valence-corrected chi connectivity index (χ4v) is 13.9. The standard InChI is InChI=1S/C57H42N6.C21H15Br3N6.C21H15N9O6/c1-4-10-40(11-5-1)43-16-22-46(23-17-43)49-28-34-52(35-29-49)58-55-61-56(59-53-36-30-50(31-37-53)47-24-18-44(19-25-47)41-12-6-2-7-13-41)63-57(62-55)60-54-38-32-51(33-39-54)48-26-20-45(21-27-48)42-14-8-3-9-15-42;22-13-1-7-16(8-2-13)25-19-28-20(26-17-9-3-14(23)4-10-17)30-21(29-19)27-18-11-5-15(24)6-12-18;31-28(32)16-7-1-13(2-8-16)22-19-25-20(23-14-3-9-17(10-4-14)29(33)34)27-21(26-19)24-15-5-11-18(12-6-15)30(35)36/h1-39H,(H3,58,59,60,61,62,63);1-12H,(H3,25,26,27,28,29,30);1-12H,(H3,22,23,24,25,26,27). The number of rotatable bonds is 27. The predicted molar refractivity (Wildman–Crippen MR) is 523 cm³/mol. The number of nitro groups is 3. The number of non-ortho nitro benzene ring substituents is 3. The van der Waals surface area contributed by atoms with Gasteiger partial charge in [-0.05, 0) is 212 Å². The van der Waals surface area contributed by atoms with Crippen molar-refractivity contribution >= 4 is 170 Å². The van der Waals surface area contributed by atoms with Gasteiger partial charge in [0.05, 0.1) is 14.8 Å².